The van der Waals surface area contributed by atoms with Crippen molar-refractivity contribution in [3.05, 3.63) is 0 Å². The van der Waals surface area contributed by atoms with E-state index in [1.54, 1.807) is 0 Å². The number of ether oxygens (including phenoxy) is 1. The Hall–Kier alpha value is -0.650. The van der Waals surface area contributed by atoms with E-state index >= 15 is 0 Å². The minimum Gasteiger partial charge on any atom is -0.389 e. The number of hydrogen-bond donors (Lipinski definition) is 3. The predicted octanol–water partition coefficient (Wildman–Crippen LogP) is 0.408. The molecule has 0 heterocycles. The lowest BCUT2D eigenvalue weighted by atomic mass is 9.85. The average molecular weight is 270 g/mol. The molecule has 2 aliphatic rings. The molecule has 1 amide bonds. The minimum absolute atomic E-state index is 0.0462. The van der Waals surface area contributed by atoms with Gasteiger partial charge in [-0.2, -0.15) is 0 Å². The maximum Gasteiger partial charge on any atom is 0.220 e. The molecule has 2 aliphatic carbocycles. The van der Waals surface area contributed by atoms with Crippen LogP contribution in [0.5, 0.6) is 0 Å². The van der Waals surface area contributed by atoms with Gasteiger partial charge in [-0.05, 0) is 44.4 Å². The summed E-state index contributed by atoms with van der Waals surface area (Å²) in [7, 11) is 0. The van der Waals surface area contributed by atoms with E-state index in [2.05, 4.69) is 5.32 Å². The van der Waals surface area contributed by atoms with E-state index in [1.807, 2.05) is 0 Å². The number of carbonyl (C=O) groups is 1. The van der Waals surface area contributed by atoms with Crippen molar-refractivity contribution < 1.29 is 14.6 Å². The van der Waals surface area contributed by atoms with Crippen molar-refractivity contribution in [3.8, 4) is 0 Å². The number of carbonyl (C=O) groups excluding carboxylic acids is 1. The smallest absolute Gasteiger partial charge is 0.220 e. The van der Waals surface area contributed by atoms with Gasteiger partial charge in [0.2, 0.25) is 5.91 Å². The molecule has 5 heteroatoms. The first kappa shape index (κ1) is 14.8. The third-order valence-electron chi connectivity index (χ3n) is 4.13. The first-order valence-corrected chi connectivity index (χ1v) is 7.43. The zero-order chi connectivity index (χ0) is 13.7. The van der Waals surface area contributed by atoms with Crippen LogP contribution in [0.1, 0.15) is 38.5 Å². The van der Waals surface area contributed by atoms with Crippen molar-refractivity contribution >= 4 is 5.91 Å². The first-order chi connectivity index (χ1) is 9.15. The van der Waals surface area contributed by atoms with E-state index in [1.165, 1.54) is 12.8 Å². The fraction of sp³-hybridized carbons (Fsp3) is 0.929. The molecule has 0 aromatic heterocycles. The highest BCUT2D eigenvalue weighted by Gasteiger charge is 2.25. The molecule has 0 aromatic rings. The molecule has 5 nitrogen and oxygen atoms in total. The lowest BCUT2D eigenvalue weighted by Crippen LogP contribution is -2.41. The van der Waals surface area contributed by atoms with E-state index in [9.17, 15) is 9.90 Å². The van der Waals surface area contributed by atoms with Crippen LogP contribution in [0.4, 0.5) is 0 Å². The summed E-state index contributed by atoms with van der Waals surface area (Å²) in [4.78, 5) is 11.1. The summed E-state index contributed by atoms with van der Waals surface area (Å²) in [5, 5.41) is 13.1. The Morgan fingerprint density at radius 2 is 1.95 bits per heavy atom. The van der Waals surface area contributed by atoms with Crippen molar-refractivity contribution in [2.75, 3.05) is 19.8 Å². The zero-order valence-corrected chi connectivity index (χ0v) is 11.5. The first-order valence-electron chi connectivity index (χ1n) is 7.43. The maximum atomic E-state index is 11.1. The van der Waals surface area contributed by atoms with E-state index in [4.69, 9.17) is 10.5 Å². The van der Waals surface area contributed by atoms with Gasteiger partial charge < -0.3 is 20.9 Å². The number of nitrogens with one attached hydrogen (secondary N) is 1. The number of amides is 1. The van der Waals surface area contributed by atoms with Crippen molar-refractivity contribution in [3.63, 3.8) is 0 Å². The predicted molar refractivity (Wildman–Crippen MR) is 72.5 cm³/mol. The van der Waals surface area contributed by atoms with Crippen LogP contribution in [-0.4, -0.2) is 42.9 Å². The van der Waals surface area contributed by atoms with E-state index in [0.717, 1.165) is 38.2 Å². The van der Waals surface area contributed by atoms with Crippen LogP contribution in [0.25, 0.3) is 0 Å². The molecule has 1 atom stereocenters. The lowest BCUT2D eigenvalue weighted by molar-refractivity contribution is -0.122. The van der Waals surface area contributed by atoms with E-state index < -0.39 is 6.10 Å². The molecule has 0 aromatic carbocycles. The highest BCUT2D eigenvalue weighted by atomic mass is 16.5. The summed E-state index contributed by atoms with van der Waals surface area (Å²) in [6.07, 6.45) is 5.76. The SMILES string of the molecule is NC(=O)C1CCC(NCC(O)COCC2CC2)CC1. The maximum absolute atomic E-state index is 11.1. The van der Waals surface area contributed by atoms with Crippen LogP contribution in [0.15, 0.2) is 0 Å². The third-order valence-corrected chi connectivity index (χ3v) is 4.13. The fourth-order valence-electron chi connectivity index (χ4n) is 2.60. The quantitative estimate of drug-likeness (QED) is 0.596. The Bertz CT molecular complexity index is 286. The lowest BCUT2D eigenvalue weighted by Gasteiger charge is -2.28. The van der Waals surface area contributed by atoms with Crippen molar-refractivity contribution in [1.29, 1.82) is 0 Å². The molecular formula is C14H26N2O3. The molecule has 4 N–H and O–H groups in total. The number of nitrogens with two attached hydrogens (primary N) is 1. The zero-order valence-electron chi connectivity index (χ0n) is 11.5. The van der Waals surface area contributed by atoms with Gasteiger partial charge in [0.25, 0.3) is 0 Å². The summed E-state index contributed by atoms with van der Waals surface area (Å²) >= 11 is 0. The van der Waals surface area contributed by atoms with Crippen LogP contribution in [0.3, 0.4) is 0 Å². The molecule has 0 saturated heterocycles. The van der Waals surface area contributed by atoms with E-state index in [-0.39, 0.29) is 11.8 Å². The summed E-state index contributed by atoms with van der Waals surface area (Å²) < 4.78 is 5.46. The van der Waals surface area contributed by atoms with Crippen LogP contribution in [0.2, 0.25) is 0 Å². The van der Waals surface area contributed by atoms with Crippen LogP contribution < -0.4 is 11.1 Å². The number of primary amides is 1. The second-order valence-electron chi connectivity index (χ2n) is 5.99. The van der Waals surface area contributed by atoms with Crippen molar-refractivity contribution in [1.82, 2.24) is 5.32 Å². The van der Waals surface area contributed by atoms with E-state index in [0.29, 0.717) is 19.2 Å². The summed E-state index contributed by atoms with van der Waals surface area (Å²) in [6.45, 7) is 1.78. The molecule has 2 rings (SSSR count). The van der Waals surface area contributed by atoms with Crippen LogP contribution in [0, 0.1) is 11.8 Å². The van der Waals surface area contributed by atoms with Gasteiger partial charge in [0, 0.05) is 25.1 Å². The largest absolute Gasteiger partial charge is 0.389 e. The molecule has 0 aliphatic heterocycles. The molecule has 0 radical (unpaired) electrons. The molecule has 0 bridgehead atoms. The summed E-state index contributed by atoms with van der Waals surface area (Å²) in [5.41, 5.74) is 5.30. The Morgan fingerprint density at radius 1 is 1.26 bits per heavy atom. The Morgan fingerprint density at radius 3 is 2.53 bits per heavy atom. The van der Waals surface area contributed by atoms with Gasteiger partial charge in [0.05, 0.1) is 12.7 Å². The number of rotatable bonds is 8. The van der Waals surface area contributed by atoms with Gasteiger partial charge in [-0.3, -0.25) is 4.79 Å². The Labute approximate surface area is 114 Å². The second kappa shape index (κ2) is 7.22. The topological polar surface area (TPSA) is 84.6 Å². The Balaban J connectivity index is 1.51. The highest BCUT2D eigenvalue weighted by Crippen LogP contribution is 2.28. The average Bonchev–Trinajstić information content (AvgIpc) is 3.21. The van der Waals surface area contributed by atoms with Gasteiger partial charge >= 0.3 is 0 Å². The van der Waals surface area contributed by atoms with Crippen molar-refractivity contribution in [2.24, 2.45) is 17.6 Å². The number of aliphatic hydroxyl groups is 1. The highest BCUT2D eigenvalue weighted by molar-refractivity contribution is 5.76. The monoisotopic (exact) mass is 270 g/mol. The van der Waals surface area contributed by atoms with Crippen molar-refractivity contribution in [2.45, 2.75) is 50.7 Å². The van der Waals surface area contributed by atoms with Gasteiger partial charge in [-0.15, -0.1) is 0 Å². The van der Waals surface area contributed by atoms with Gasteiger partial charge in [0.15, 0.2) is 0 Å². The number of hydrogen-bond acceptors (Lipinski definition) is 4. The Kier molecular flexibility index (Phi) is 5.60. The molecule has 110 valence electrons. The molecule has 2 saturated carbocycles. The van der Waals surface area contributed by atoms with Crippen LogP contribution >= 0.6 is 0 Å². The number of aliphatic hydroxyl groups excluding tert-OH is 1. The van der Waals surface area contributed by atoms with Gasteiger partial charge in [0.1, 0.15) is 0 Å². The second-order valence-corrected chi connectivity index (χ2v) is 5.99. The summed E-state index contributed by atoms with van der Waals surface area (Å²) in [6, 6.07) is 0.397. The molecular weight excluding hydrogens is 244 g/mol. The normalized spacial score (nSPS) is 29.1. The van der Waals surface area contributed by atoms with Gasteiger partial charge in [-0.25, -0.2) is 0 Å². The minimum atomic E-state index is -0.437. The molecule has 1 unspecified atom stereocenters. The molecule has 2 fully saturated rings. The molecule has 19 heavy (non-hydrogen) atoms. The summed E-state index contributed by atoms with van der Waals surface area (Å²) in [5.74, 6) is 0.612. The van der Waals surface area contributed by atoms with Gasteiger partial charge in [-0.1, -0.05) is 0 Å². The fourth-order valence-corrected chi connectivity index (χ4v) is 2.60. The van der Waals surface area contributed by atoms with Crippen LogP contribution in [-0.2, 0) is 9.53 Å². The third kappa shape index (κ3) is 5.47. The molecule has 0 spiro atoms. The standard InChI is InChI=1S/C14H26N2O3/c15-14(18)11-3-5-12(6-4-11)16-7-13(17)9-19-8-10-1-2-10/h10-13,16-17H,1-9H2,(H2,15,18).